The Balaban J connectivity index is 2.98. The summed E-state index contributed by atoms with van der Waals surface area (Å²) in [5, 5.41) is 0. The second-order valence-electron chi connectivity index (χ2n) is 5.20. The van der Waals surface area contributed by atoms with E-state index in [4.69, 9.17) is 9.47 Å². The Hall–Kier alpha value is -1.77. The van der Waals surface area contributed by atoms with Crippen LogP contribution in [0.2, 0.25) is 0 Å². The third-order valence-corrected chi connectivity index (χ3v) is 2.22. The van der Waals surface area contributed by atoms with Crippen molar-refractivity contribution >= 4 is 12.0 Å². The van der Waals surface area contributed by atoms with Gasteiger partial charge in [0.25, 0.3) is 0 Å². The van der Waals surface area contributed by atoms with Gasteiger partial charge in [0, 0.05) is 6.92 Å². The predicted octanol–water partition coefficient (Wildman–Crippen LogP) is 3.68. The van der Waals surface area contributed by atoms with E-state index in [-0.39, 0.29) is 11.4 Å². The zero-order valence-corrected chi connectivity index (χ0v) is 11.6. The maximum atomic E-state index is 10.9. The minimum atomic E-state index is -0.355. The molecule has 3 nitrogen and oxygen atoms in total. The molecule has 0 aliphatic heterocycles. The van der Waals surface area contributed by atoms with Gasteiger partial charge in [0.15, 0.2) is 11.5 Å². The molecule has 18 heavy (non-hydrogen) atoms. The number of rotatable bonds is 3. The second kappa shape index (κ2) is 5.71. The highest BCUT2D eigenvalue weighted by Gasteiger charge is 2.08. The number of esters is 1. The molecule has 0 spiro atoms. The standard InChI is InChI=1S/C15H20O3/c1-11(16)18-13-7-6-12(10-14(13)17-5)8-9-15(2,3)4/h6-10H,1-5H3/b9-8+. The number of hydrogen-bond donors (Lipinski definition) is 0. The summed E-state index contributed by atoms with van der Waals surface area (Å²) in [5.74, 6) is 0.644. The molecule has 0 aliphatic carbocycles. The second-order valence-corrected chi connectivity index (χ2v) is 5.20. The molecular formula is C15H20O3. The molecule has 0 heterocycles. The minimum Gasteiger partial charge on any atom is -0.493 e. The quantitative estimate of drug-likeness (QED) is 0.604. The maximum absolute atomic E-state index is 10.9. The molecule has 0 fully saturated rings. The third-order valence-electron chi connectivity index (χ3n) is 2.22. The maximum Gasteiger partial charge on any atom is 0.308 e. The average molecular weight is 248 g/mol. The first-order valence-corrected chi connectivity index (χ1v) is 5.87. The van der Waals surface area contributed by atoms with Crippen molar-refractivity contribution in [3.05, 3.63) is 29.8 Å². The van der Waals surface area contributed by atoms with Crippen molar-refractivity contribution in [2.45, 2.75) is 27.7 Å². The van der Waals surface area contributed by atoms with Gasteiger partial charge in [-0.2, -0.15) is 0 Å². The summed E-state index contributed by atoms with van der Waals surface area (Å²) in [6.45, 7) is 7.77. The summed E-state index contributed by atoms with van der Waals surface area (Å²) in [7, 11) is 1.56. The molecule has 0 aromatic heterocycles. The highest BCUT2D eigenvalue weighted by atomic mass is 16.6. The van der Waals surface area contributed by atoms with E-state index in [1.807, 2.05) is 18.2 Å². The largest absolute Gasteiger partial charge is 0.493 e. The van der Waals surface area contributed by atoms with Gasteiger partial charge in [-0.25, -0.2) is 0 Å². The lowest BCUT2D eigenvalue weighted by atomic mass is 9.95. The monoisotopic (exact) mass is 248 g/mol. The van der Waals surface area contributed by atoms with Gasteiger partial charge in [-0.15, -0.1) is 0 Å². The van der Waals surface area contributed by atoms with E-state index in [2.05, 4.69) is 26.8 Å². The van der Waals surface area contributed by atoms with Crippen molar-refractivity contribution in [3.8, 4) is 11.5 Å². The number of allylic oxidation sites excluding steroid dienone is 1. The Labute approximate surface area is 108 Å². The van der Waals surface area contributed by atoms with Crippen LogP contribution in [-0.4, -0.2) is 13.1 Å². The molecule has 0 aliphatic rings. The van der Waals surface area contributed by atoms with Gasteiger partial charge in [0.2, 0.25) is 0 Å². The van der Waals surface area contributed by atoms with Crippen molar-refractivity contribution in [1.29, 1.82) is 0 Å². The van der Waals surface area contributed by atoms with Crippen LogP contribution in [0.1, 0.15) is 33.3 Å². The fourth-order valence-electron chi connectivity index (χ4n) is 1.37. The van der Waals surface area contributed by atoms with E-state index in [9.17, 15) is 4.79 Å². The lowest BCUT2D eigenvalue weighted by Crippen LogP contribution is -2.03. The highest BCUT2D eigenvalue weighted by Crippen LogP contribution is 2.29. The highest BCUT2D eigenvalue weighted by molar-refractivity contribution is 5.71. The van der Waals surface area contributed by atoms with Gasteiger partial charge < -0.3 is 9.47 Å². The van der Waals surface area contributed by atoms with Crippen LogP contribution in [0.4, 0.5) is 0 Å². The molecule has 0 unspecified atom stereocenters. The minimum absolute atomic E-state index is 0.127. The first-order valence-electron chi connectivity index (χ1n) is 5.87. The topological polar surface area (TPSA) is 35.5 Å². The molecule has 0 saturated heterocycles. The van der Waals surface area contributed by atoms with Gasteiger partial charge >= 0.3 is 5.97 Å². The van der Waals surface area contributed by atoms with E-state index in [0.717, 1.165) is 5.56 Å². The van der Waals surface area contributed by atoms with Crippen LogP contribution in [0, 0.1) is 5.41 Å². The molecule has 0 amide bonds. The lowest BCUT2D eigenvalue weighted by Gasteiger charge is -2.12. The van der Waals surface area contributed by atoms with Crippen molar-refractivity contribution < 1.29 is 14.3 Å². The molecular weight excluding hydrogens is 228 g/mol. The van der Waals surface area contributed by atoms with Crippen LogP contribution in [0.25, 0.3) is 6.08 Å². The van der Waals surface area contributed by atoms with Crippen molar-refractivity contribution in [1.82, 2.24) is 0 Å². The number of benzene rings is 1. The molecule has 0 radical (unpaired) electrons. The number of methoxy groups -OCH3 is 1. The SMILES string of the molecule is COc1cc(/C=C/C(C)(C)C)ccc1OC(C)=O. The summed E-state index contributed by atoms with van der Waals surface area (Å²) < 4.78 is 10.3. The molecule has 1 rings (SSSR count). The normalized spacial score (nSPS) is 11.6. The zero-order valence-electron chi connectivity index (χ0n) is 11.6. The third kappa shape index (κ3) is 4.62. The van der Waals surface area contributed by atoms with E-state index in [0.29, 0.717) is 11.5 Å². The first kappa shape index (κ1) is 14.3. The average Bonchev–Trinajstić information content (AvgIpc) is 2.26. The molecule has 0 bridgehead atoms. The molecule has 0 saturated carbocycles. The number of carbonyl (C=O) groups excluding carboxylic acids is 1. The molecule has 1 aromatic carbocycles. The van der Waals surface area contributed by atoms with Crippen molar-refractivity contribution in [2.75, 3.05) is 7.11 Å². The summed E-state index contributed by atoms with van der Waals surface area (Å²) in [5.41, 5.74) is 1.14. The molecule has 3 heteroatoms. The van der Waals surface area contributed by atoms with Crippen molar-refractivity contribution in [2.24, 2.45) is 5.41 Å². The summed E-state index contributed by atoms with van der Waals surface area (Å²) in [6.07, 6.45) is 4.15. The van der Waals surface area contributed by atoms with Crippen LogP contribution in [0.5, 0.6) is 11.5 Å². The van der Waals surface area contributed by atoms with Gasteiger partial charge in [0.05, 0.1) is 7.11 Å². The molecule has 98 valence electrons. The van der Waals surface area contributed by atoms with Gasteiger partial charge in [-0.1, -0.05) is 39.0 Å². The Morgan fingerprint density at radius 1 is 1.22 bits per heavy atom. The van der Waals surface area contributed by atoms with E-state index >= 15 is 0 Å². The van der Waals surface area contributed by atoms with Crippen LogP contribution < -0.4 is 9.47 Å². The predicted molar refractivity (Wildman–Crippen MR) is 72.8 cm³/mol. The van der Waals surface area contributed by atoms with Crippen LogP contribution in [-0.2, 0) is 4.79 Å². The molecule has 0 N–H and O–H groups in total. The fraction of sp³-hybridized carbons (Fsp3) is 0.400. The van der Waals surface area contributed by atoms with Crippen LogP contribution >= 0.6 is 0 Å². The molecule has 1 aromatic rings. The number of carbonyl (C=O) groups is 1. The van der Waals surface area contributed by atoms with Crippen LogP contribution in [0.3, 0.4) is 0 Å². The lowest BCUT2D eigenvalue weighted by molar-refractivity contribution is -0.132. The van der Waals surface area contributed by atoms with E-state index < -0.39 is 0 Å². The van der Waals surface area contributed by atoms with Crippen molar-refractivity contribution in [3.63, 3.8) is 0 Å². The van der Waals surface area contributed by atoms with E-state index in [1.165, 1.54) is 6.92 Å². The van der Waals surface area contributed by atoms with Crippen LogP contribution in [0.15, 0.2) is 24.3 Å². The number of ether oxygens (including phenoxy) is 2. The zero-order chi connectivity index (χ0) is 13.8. The summed E-state index contributed by atoms with van der Waals surface area (Å²) in [6, 6.07) is 5.48. The van der Waals surface area contributed by atoms with Gasteiger partial charge in [-0.05, 0) is 23.1 Å². The Morgan fingerprint density at radius 2 is 1.89 bits per heavy atom. The summed E-state index contributed by atoms with van der Waals surface area (Å²) in [4.78, 5) is 10.9. The first-order chi connectivity index (χ1) is 8.31. The van der Waals surface area contributed by atoms with Gasteiger partial charge in [-0.3, -0.25) is 4.79 Å². The Kier molecular flexibility index (Phi) is 4.54. The number of hydrogen-bond acceptors (Lipinski definition) is 3. The van der Waals surface area contributed by atoms with E-state index in [1.54, 1.807) is 13.2 Å². The molecule has 0 atom stereocenters. The Bertz CT molecular complexity index is 453. The Morgan fingerprint density at radius 3 is 2.39 bits per heavy atom. The fourth-order valence-corrected chi connectivity index (χ4v) is 1.37. The smallest absolute Gasteiger partial charge is 0.308 e. The summed E-state index contributed by atoms with van der Waals surface area (Å²) >= 11 is 0. The van der Waals surface area contributed by atoms with Gasteiger partial charge in [0.1, 0.15) is 0 Å².